The van der Waals surface area contributed by atoms with Gasteiger partial charge in [-0.15, -0.1) is 12.4 Å². The third kappa shape index (κ3) is 5.81. The lowest BCUT2D eigenvalue weighted by Gasteiger charge is -2.23. The van der Waals surface area contributed by atoms with Crippen molar-refractivity contribution in [3.05, 3.63) is 65.8 Å². The lowest BCUT2D eigenvalue weighted by molar-refractivity contribution is -0.132. The highest BCUT2D eigenvalue weighted by molar-refractivity contribution is 7.90. The van der Waals surface area contributed by atoms with Gasteiger partial charge in [-0.05, 0) is 55.2 Å². The number of benzene rings is 2. The molecule has 1 aromatic heterocycles. The minimum absolute atomic E-state index is 0. The number of carbonyl (C=O) groups is 1. The van der Waals surface area contributed by atoms with Gasteiger partial charge in [0.05, 0.1) is 4.90 Å². The van der Waals surface area contributed by atoms with Crippen molar-refractivity contribution < 1.29 is 22.1 Å². The highest BCUT2D eigenvalue weighted by Crippen LogP contribution is 2.33. The van der Waals surface area contributed by atoms with Gasteiger partial charge in [-0.1, -0.05) is 23.4 Å². The van der Waals surface area contributed by atoms with Crippen LogP contribution in [0.15, 0.2) is 57.9 Å². The fraction of sp³-hybridized carbons (Fsp3) is 0.348. The Morgan fingerprint density at radius 3 is 2.62 bits per heavy atom. The molecule has 182 valence electrons. The lowest BCUT2D eigenvalue weighted by atomic mass is 10.0. The summed E-state index contributed by atoms with van der Waals surface area (Å²) >= 11 is 0. The van der Waals surface area contributed by atoms with Gasteiger partial charge < -0.3 is 15.2 Å². The zero-order valence-electron chi connectivity index (χ0n) is 18.6. The number of aromatic nitrogens is 2. The van der Waals surface area contributed by atoms with E-state index in [0.29, 0.717) is 35.8 Å². The van der Waals surface area contributed by atoms with E-state index >= 15 is 0 Å². The van der Waals surface area contributed by atoms with E-state index in [0.717, 1.165) is 12.7 Å². The van der Waals surface area contributed by atoms with Crippen LogP contribution in [0, 0.1) is 5.82 Å². The van der Waals surface area contributed by atoms with Gasteiger partial charge in [-0.2, -0.15) is 4.98 Å². The number of amides is 1. The highest BCUT2D eigenvalue weighted by atomic mass is 35.5. The molecule has 1 aliphatic heterocycles. The fourth-order valence-electron chi connectivity index (χ4n) is 4.02. The first-order valence-electron chi connectivity index (χ1n) is 10.6. The average molecular weight is 509 g/mol. The molecule has 34 heavy (non-hydrogen) atoms. The molecule has 1 amide bonds. The van der Waals surface area contributed by atoms with Crippen LogP contribution in [0.3, 0.4) is 0 Å². The van der Waals surface area contributed by atoms with E-state index in [1.165, 1.54) is 18.2 Å². The van der Waals surface area contributed by atoms with E-state index in [2.05, 4.69) is 10.1 Å². The van der Waals surface area contributed by atoms with E-state index in [9.17, 15) is 17.6 Å². The van der Waals surface area contributed by atoms with Crippen molar-refractivity contribution in [2.75, 3.05) is 12.8 Å². The molecule has 0 bridgehead atoms. The number of halogens is 2. The first-order chi connectivity index (χ1) is 15.7. The Balaban J connectivity index is 0.00000324. The molecule has 1 fully saturated rings. The molecule has 0 spiro atoms. The Morgan fingerprint density at radius 1 is 1.24 bits per heavy atom. The Bertz CT molecular complexity index is 1250. The molecule has 0 aliphatic carbocycles. The molecule has 0 saturated carbocycles. The number of nitrogens with zero attached hydrogens (tertiary/aromatic N) is 3. The number of likely N-dealkylation sites (tertiary alicyclic amines) is 1. The Hall–Kier alpha value is -2.82. The predicted octanol–water partition coefficient (Wildman–Crippen LogP) is 3.32. The van der Waals surface area contributed by atoms with Gasteiger partial charge in [0, 0.05) is 30.8 Å². The van der Waals surface area contributed by atoms with E-state index in [4.69, 9.17) is 10.3 Å². The van der Waals surface area contributed by atoms with Gasteiger partial charge in [0.1, 0.15) is 11.9 Å². The third-order valence-electron chi connectivity index (χ3n) is 5.72. The number of hydrogen-bond donors (Lipinski definition) is 1. The standard InChI is InChI=1S/C23H25FN4O4S.ClH/c1-33(30,31)18-10-8-15(9-11-18)22-26-23(32-27-22)20-7-4-12-28(20)21(29)14-17(25)13-16-5-2-3-6-19(16)24;/h2-3,5-6,8-11,17,20H,4,7,12-14,25H2,1H3;1H. The third-order valence-corrected chi connectivity index (χ3v) is 6.85. The molecule has 0 radical (unpaired) electrons. The van der Waals surface area contributed by atoms with E-state index < -0.39 is 15.9 Å². The van der Waals surface area contributed by atoms with Crippen LogP contribution in [-0.4, -0.2) is 48.2 Å². The van der Waals surface area contributed by atoms with Crippen LogP contribution in [0.1, 0.15) is 36.8 Å². The topological polar surface area (TPSA) is 119 Å². The molecule has 2 heterocycles. The summed E-state index contributed by atoms with van der Waals surface area (Å²) in [4.78, 5) is 19.3. The Morgan fingerprint density at radius 2 is 1.94 bits per heavy atom. The Labute approximate surface area is 203 Å². The van der Waals surface area contributed by atoms with Crippen LogP contribution in [-0.2, 0) is 21.1 Å². The van der Waals surface area contributed by atoms with E-state index in [-0.39, 0.29) is 47.9 Å². The van der Waals surface area contributed by atoms with Crippen molar-refractivity contribution in [2.45, 2.75) is 42.7 Å². The maximum Gasteiger partial charge on any atom is 0.249 e. The maximum atomic E-state index is 13.9. The minimum atomic E-state index is -3.30. The predicted molar refractivity (Wildman–Crippen MR) is 126 cm³/mol. The van der Waals surface area contributed by atoms with E-state index in [1.807, 2.05) is 0 Å². The molecular weight excluding hydrogens is 483 g/mol. The second-order valence-electron chi connectivity index (χ2n) is 8.26. The van der Waals surface area contributed by atoms with Crippen molar-refractivity contribution in [3.8, 4) is 11.4 Å². The SMILES string of the molecule is CS(=O)(=O)c1ccc(-c2noc(C3CCCN3C(=O)CC(N)Cc3ccccc3F)n2)cc1.Cl. The van der Waals surface area contributed by atoms with Gasteiger partial charge in [0.15, 0.2) is 9.84 Å². The largest absolute Gasteiger partial charge is 0.337 e. The Kier molecular flexibility index (Phi) is 8.06. The lowest BCUT2D eigenvalue weighted by Crippen LogP contribution is -2.36. The van der Waals surface area contributed by atoms with Gasteiger partial charge >= 0.3 is 0 Å². The maximum absolute atomic E-state index is 13.9. The second-order valence-corrected chi connectivity index (χ2v) is 10.3. The molecule has 1 aliphatic rings. The molecule has 3 aromatic rings. The first-order valence-corrected chi connectivity index (χ1v) is 12.5. The van der Waals surface area contributed by atoms with Gasteiger partial charge in [0.25, 0.3) is 0 Å². The molecular formula is C23H26ClFN4O4S. The van der Waals surface area contributed by atoms with Crippen LogP contribution in [0.2, 0.25) is 0 Å². The zero-order chi connectivity index (χ0) is 23.6. The second kappa shape index (κ2) is 10.6. The molecule has 11 heteroatoms. The summed E-state index contributed by atoms with van der Waals surface area (Å²) in [6, 6.07) is 11.7. The molecule has 8 nitrogen and oxygen atoms in total. The van der Waals surface area contributed by atoms with Crippen LogP contribution in [0.4, 0.5) is 4.39 Å². The summed E-state index contributed by atoms with van der Waals surface area (Å²) in [5.74, 6) is 0.173. The zero-order valence-corrected chi connectivity index (χ0v) is 20.2. The molecule has 2 aromatic carbocycles. The summed E-state index contributed by atoms with van der Waals surface area (Å²) in [5.41, 5.74) is 7.24. The number of hydrogen-bond acceptors (Lipinski definition) is 7. The van der Waals surface area contributed by atoms with Crippen LogP contribution in [0.5, 0.6) is 0 Å². The number of sulfone groups is 1. The molecule has 2 atom stereocenters. The monoisotopic (exact) mass is 508 g/mol. The quantitative estimate of drug-likeness (QED) is 0.519. The smallest absolute Gasteiger partial charge is 0.249 e. The summed E-state index contributed by atoms with van der Waals surface area (Å²) < 4.78 is 42.6. The van der Waals surface area contributed by atoms with Gasteiger partial charge in [0.2, 0.25) is 17.6 Å². The average Bonchev–Trinajstić information content (AvgIpc) is 3.44. The number of rotatable bonds is 7. The number of nitrogens with two attached hydrogens (primary N) is 1. The minimum Gasteiger partial charge on any atom is -0.337 e. The molecule has 2 unspecified atom stereocenters. The van der Waals surface area contributed by atoms with Crippen molar-refractivity contribution in [1.29, 1.82) is 0 Å². The molecule has 2 N–H and O–H groups in total. The van der Waals surface area contributed by atoms with Crippen molar-refractivity contribution >= 4 is 28.2 Å². The highest BCUT2D eigenvalue weighted by Gasteiger charge is 2.34. The summed E-state index contributed by atoms with van der Waals surface area (Å²) in [6.07, 6.45) is 2.97. The normalized spacial score (nSPS) is 16.8. The van der Waals surface area contributed by atoms with Crippen molar-refractivity contribution in [1.82, 2.24) is 15.0 Å². The summed E-state index contributed by atoms with van der Waals surface area (Å²) in [6.45, 7) is 0.552. The van der Waals surface area contributed by atoms with Crippen LogP contribution in [0.25, 0.3) is 11.4 Å². The van der Waals surface area contributed by atoms with Gasteiger partial charge in [-0.25, -0.2) is 12.8 Å². The van der Waals surface area contributed by atoms with Crippen LogP contribution < -0.4 is 5.73 Å². The van der Waals surface area contributed by atoms with Crippen molar-refractivity contribution in [2.24, 2.45) is 5.73 Å². The number of carbonyl (C=O) groups excluding carboxylic acids is 1. The first kappa shape index (κ1) is 25.8. The van der Waals surface area contributed by atoms with Gasteiger partial charge in [-0.3, -0.25) is 4.79 Å². The van der Waals surface area contributed by atoms with Crippen LogP contribution >= 0.6 is 12.4 Å². The summed E-state index contributed by atoms with van der Waals surface area (Å²) in [7, 11) is -3.30. The molecule has 1 saturated heterocycles. The fourth-order valence-corrected chi connectivity index (χ4v) is 4.65. The molecule has 4 rings (SSSR count). The summed E-state index contributed by atoms with van der Waals surface area (Å²) in [5, 5.41) is 4.00. The van der Waals surface area contributed by atoms with Crippen molar-refractivity contribution in [3.63, 3.8) is 0 Å². The van der Waals surface area contributed by atoms with E-state index in [1.54, 1.807) is 35.2 Å².